The van der Waals surface area contributed by atoms with E-state index in [9.17, 15) is 23.2 Å². The van der Waals surface area contributed by atoms with Gasteiger partial charge in [0.05, 0.1) is 5.69 Å². The van der Waals surface area contributed by atoms with Crippen molar-refractivity contribution in [1.82, 2.24) is 5.01 Å². The summed E-state index contributed by atoms with van der Waals surface area (Å²) >= 11 is 5.79. The second kappa shape index (κ2) is 7.21. The van der Waals surface area contributed by atoms with E-state index in [1.54, 1.807) is 24.3 Å². The fraction of sp³-hybridized carbons (Fsp3) is 0.167. The third-order valence-electron chi connectivity index (χ3n) is 4.45. The van der Waals surface area contributed by atoms with Crippen molar-refractivity contribution in [2.75, 3.05) is 16.8 Å². The molecule has 0 bridgehead atoms. The maximum atomic E-state index is 13.5. The van der Waals surface area contributed by atoms with Gasteiger partial charge in [-0.3, -0.25) is 19.4 Å². The summed E-state index contributed by atoms with van der Waals surface area (Å²) in [6.07, 6.45) is 0. The minimum absolute atomic E-state index is 0.117. The van der Waals surface area contributed by atoms with Gasteiger partial charge in [-0.25, -0.2) is 13.7 Å². The number of carbonyl (C=O) groups excluding carboxylic acids is 3. The van der Waals surface area contributed by atoms with Gasteiger partial charge in [0.15, 0.2) is 23.7 Å². The summed E-state index contributed by atoms with van der Waals surface area (Å²) in [4.78, 5) is 38.3. The van der Waals surface area contributed by atoms with Crippen molar-refractivity contribution in [3.63, 3.8) is 0 Å². The first kappa shape index (κ1) is 18.9. The van der Waals surface area contributed by atoms with Crippen LogP contribution in [0.3, 0.4) is 0 Å². The van der Waals surface area contributed by atoms with Gasteiger partial charge in [-0.15, -0.1) is 0 Å². The van der Waals surface area contributed by atoms with Crippen molar-refractivity contribution in [3.05, 3.63) is 59.1 Å². The molecule has 11 heteroatoms. The highest BCUT2D eigenvalue weighted by Gasteiger charge is 2.55. The van der Waals surface area contributed by atoms with Crippen molar-refractivity contribution < 1.29 is 23.2 Å². The summed E-state index contributed by atoms with van der Waals surface area (Å²) in [5.74, 6) is -4.24. The van der Waals surface area contributed by atoms with Crippen LogP contribution in [0.1, 0.15) is 0 Å². The minimum atomic E-state index is -1.19. The lowest BCUT2D eigenvalue weighted by Crippen LogP contribution is -2.43. The molecular formula is C18H12ClF2N5O3. The lowest BCUT2D eigenvalue weighted by Gasteiger charge is -2.20. The minimum Gasteiger partial charge on any atom is -0.324 e. The first-order chi connectivity index (χ1) is 13.8. The van der Waals surface area contributed by atoms with Gasteiger partial charge in [-0.2, -0.15) is 5.11 Å². The van der Waals surface area contributed by atoms with Crippen LogP contribution in [-0.4, -0.2) is 41.4 Å². The highest BCUT2D eigenvalue weighted by molar-refractivity contribution is 6.30. The molecule has 0 spiro atoms. The van der Waals surface area contributed by atoms with E-state index in [1.807, 2.05) is 0 Å². The molecule has 2 atom stereocenters. The predicted octanol–water partition coefficient (Wildman–Crippen LogP) is 2.55. The first-order valence-electron chi connectivity index (χ1n) is 8.41. The van der Waals surface area contributed by atoms with Crippen LogP contribution in [0.15, 0.2) is 52.8 Å². The standard InChI is InChI=1S/C18H12ClF2N5O3/c19-9-1-3-10(4-2-9)22-14(27)8-25-16-15(23-24-25)17(28)26(18(16)29)11-5-6-12(20)13(21)7-11/h1-7,15-16H,8H2,(H,22,27). The SMILES string of the molecule is O=C(CN1N=NC2C(=O)N(c3ccc(F)c(F)c3)C(=O)C21)Nc1ccc(Cl)cc1. The zero-order valence-electron chi connectivity index (χ0n) is 14.6. The second-order valence-corrected chi connectivity index (χ2v) is 6.79. The van der Waals surface area contributed by atoms with Gasteiger partial charge in [0.1, 0.15) is 6.54 Å². The van der Waals surface area contributed by atoms with Gasteiger partial charge < -0.3 is 5.32 Å². The van der Waals surface area contributed by atoms with Crippen LogP contribution < -0.4 is 10.2 Å². The Morgan fingerprint density at radius 3 is 2.48 bits per heavy atom. The van der Waals surface area contributed by atoms with E-state index in [-0.39, 0.29) is 12.2 Å². The van der Waals surface area contributed by atoms with Gasteiger partial charge in [0, 0.05) is 16.8 Å². The topological polar surface area (TPSA) is 94.4 Å². The number of nitrogens with zero attached hydrogens (tertiary/aromatic N) is 4. The number of hydrogen-bond donors (Lipinski definition) is 1. The number of rotatable bonds is 4. The van der Waals surface area contributed by atoms with Gasteiger partial charge in [-0.05, 0) is 36.4 Å². The summed E-state index contributed by atoms with van der Waals surface area (Å²) in [5.41, 5.74) is 0.374. The fourth-order valence-corrected chi connectivity index (χ4v) is 3.24. The molecule has 8 nitrogen and oxygen atoms in total. The van der Waals surface area contributed by atoms with E-state index in [2.05, 4.69) is 15.7 Å². The van der Waals surface area contributed by atoms with Crippen molar-refractivity contribution in [2.45, 2.75) is 12.1 Å². The van der Waals surface area contributed by atoms with E-state index in [0.717, 1.165) is 28.1 Å². The fourth-order valence-electron chi connectivity index (χ4n) is 3.11. The quantitative estimate of drug-likeness (QED) is 0.770. The zero-order valence-corrected chi connectivity index (χ0v) is 15.3. The summed E-state index contributed by atoms with van der Waals surface area (Å²) in [5, 5.41) is 11.7. The maximum Gasteiger partial charge on any atom is 0.263 e. The van der Waals surface area contributed by atoms with Gasteiger partial charge in [-0.1, -0.05) is 16.8 Å². The number of imide groups is 1. The molecule has 2 aromatic carbocycles. The molecule has 1 saturated heterocycles. The smallest absolute Gasteiger partial charge is 0.263 e. The molecule has 4 rings (SSSR count). The number of fused-ring (bicyclic) bond motifs is 1. The Balaban J connectivity index is 1.49. The number of anilines is 2. The molecule has 0 aromatic heterocycles. The number of nitrogens with one attached hydrogen (secondary N) is 1. The van der Waals surface area contributed by atoms with Crippen LogP contribution in [0.5, 0.6) is 0 Å². The molecule has 29 heavy (non-hydrogen) atoms. The number of hydrogen-bond acceptors (Lipinski definition) is 6. The molecule has 1 fully saturated rings. The van der Waals surface area contributed by atoms with Crippen LogP contribution in [0.2, 0.25) is 5.02 Å². The average molecular weight is 420 g/mol. The van der Waals surface area contributed by atoms with Crippen molar-refractivity contribution in [1.29, 1.82) is 0 Å². The Hall–Kier alpha value is -3.40. The van der Waals surface area contributed by atoms with Crippen LogP contribution in [0.25, 0.3) is 0 Å². The van der Waals surface area contributed by atoms with E-state index in [0.29, 0.717) is 10.7 Å². The Morgan fingerprint density at radius 2 is 1.79 bits per heavy atom. The van der Waals surface area contributed by atoms with Crippen LogP contribution in [0.4, 0.5) is 20.2 Å². The lowest BCUT2D eigenvalue weighted by molar-refractivity contribution is -0.123. The van der Waals surface area contributed by atoms with Crippen LogP contribution >= 0.6 is 11.6 Å². The number of carbonyl (C=O) groups is 3. The first-order valence-corrected chi connectivity index (χ1v) is 8.78. The summed E-state index contributed by atoms with van der Waals surface area (Å²) in [7, 11) is 0. The molecule has 2 aliphatic rings. The molecule has 2 unspecified atom stereocenters. The monoisotopic (exact) mass is 419 g/mol. The van der Waals surface area contributed by atoms with Crippen molar-refractivity contribution in [3.8, 4) is 0 Å². The Labute approximate surface area is 167 Å². The molecular weight excluding hydrogens is 408 g/mol. The van der Waals surface area contributed by atoms with Crippen molar-refractivity contribution >= 4 is 40.7 Å². The van der Waals surface area contributed by atoms with E-state index < -0.39 is 41.4 Å². The molecule has 2 aliphatic heterocycles. The summed E-state index contributed by atoms with van der Waals surface area (Å²) in [6.45, 7) is -0.335. The van der Waals surface area contributed by atoms with Crippen LogP contribution in [-0.2, 0) is 14.4 Å². The Kier molecular flexibility index (Phi) is 4.71. The normalized spacial score (nSPS) is 20.4. The molecule has 1 N–H and O–H groups in total. The van der Waals surface area contributed by atoms with Crippen LogP contribution in [0, 0.1) is 11.6 Å². The molecule has 0 radical (unpaired) electrons. The zero-order chi connectivity index (χ0) is 20.7. The van der Waals surface area contributed by atoms with E-state index in [4.69, 9.17) is 11.6 Å². The molecule has 2 aromatic rings. The molecule has 0 aliphatic carbocycles. The number of halogens is 3. The number of amides is 3. The lowest BCUT2D eigenvalue weighted by atomic mass is 10.1. The molecule has 2 heterocycles. The summed E-state index contributed by atoms with van der Waals surface area (Å²) < 4.78 is 26.7. The van der Waals surface area contributed by atoms with Gasteiger partial charge in [0.25, 0.3) is 11.8 Å². The van der Waals surface area contributed by atoms with E-state index >= 15 is 0 Å². The largest absolute Gasteiger partial charge is 0.324 e. The average Bonchev–Trinajstić information content (AvgIpc) is 3.20. The van der Waals surface area contributed by atoms with Crippen molar-refractivity contribution in [2.24, 2.45) is 10.3 Å². The molecule has 3 amide bonds. The Morgan fingerprint density at radius 1 is 1.07 bits per heavy atom. The summed E-state index contributed by atoms with van der Waals surface area (Å²) in [6, 6.07) is 6.80. The third kappa shape index (κ3) is 3.42. The Bertz CT molecular complexity index is 1050. The highest BCUT2D eigenvalue weighted by Crippen LogP contribution is 2.32. The van der Waals surface area contributed by atoms with E-state index in [1.165, 1.54) is 0 Å². The van der Waals surface area contributed by atoms with Gasteiger partial charge in [0.2, 0.25) is 5.91 Å². The molecule has 0 saturated carbocycles. The predicted molar refractivity (Wildman–Crippen MR) is 98.1 cm³/mol. The third-order valence-corrected chi connectivity index (χ3v) is 4.70. The van der Waals surface area contributed by atoms with Gasteiger partial charge >= 0.3 is 0 Å². The highest BCUT2D eigenvalue weighted by atomic mass is 35.5. The maximum absolute atomic E-state index is 13.5. The molecule has 148 valence electrons. The number of benzene rings is 2. The second-order valence-electron chi connectivity index (χ2n) is 6.36.